The average Bonchev–Trinajstić information content (AvgIpc) is 3.18. The Balaban J connectivity index is 1.76. The maximum atomic E-state index is 12.7. The Labute approximate surface area is 159 Å². The Morgan fingerprint density at radius 3 is 2.63 bits per heavy atom. The molecule has 0 spiro atoms. The first-order valence-electron chi connectivity index (χ1n) is 9.75. The van der Waals surface area contributed by atoms with Crippen molar-refractivity contribution in [1.82, 2.24) is 14.8 Å². The van der Waals surface area contributed by atoms with Crippen LogP contribution < -0.4 is 10.9 Å². The molecule has 0 aliphatic heterocycles. The molecule has 0 radical (unpaired) electrons. The minimum absolute atomic E-state index is 0.0585. The standard InChI is InChI=1S/C22H26N4O/c1-14-7-6-8-17(11-14)15(2)23-22-20-13-26(18-9-4-5-10-18)21(27)12-19(20)16(3)24-25-22/h6-8,11-13,15,18H,4-5,9-10H2,1-3H3,(H,23,25)/t15-/m1/s1. The number of hydrogen-bond donors (Lipinski definition) is 1. The SMILES string of the molecule is Cc1cccc([C@@H](C)Nc2nnc(C)c3cc(=O)n(C4CCCC4)cc23)c1. The molecule has 5 nitrogen and oxygen atoms in total. The van der Waals surface area contributed by atoms with Crippen LogP contribution in [-0.4, -0.2) is 14.8 Å². The Morgan fingerprint density at radius 2 is 1.89 bits per heavy atom. The molecule has 0 saturated heterocycles. The van der Waals surface area contributed by atoms with Crippen LogP contribution in [0.1, 0.15) is 61.5 Å². The summed E-state index contributed by atoms with van der Waals surface area (Å²) in [5.74, 6) is 0.733. The summed E-state index contributed by atoms with van der Waals surface area (Å²) in [5, 5.41) is 14.0. The van der Waals surface area contributed by atoms with E-state index in [0.29, 0.717) is 6.04 Å². The predicted octanol–water partition coefficient (Wildman–Crippen LogP) is 4.70. The fourth-order valence-electron chi connectivity index (χ4n) is 4.07. The molecule has 140 valence electrons. The van der Waals surface area contributed by atoms with Crippen molar-refractivity contribution in [3.63, 3.8) is 0 Å². The Bertz CT molecular complexity index is 1030. The molecule has 3 aromatic rings. The highest BCUT2D eigenvalue weighted by atomic mass is 16.1. The zero-order chi connectivity index (χ0) is 19.0. The summed E-state index contributed by atoms with van der Waals surface area (Å²) in [5.41, 5.74) is 3.28. The number of aromatic nitrogens is 3. The van der Waals surface area contributed by atoms with Gasteiger partial charge in [0.2, 0.25) is 0 Å². The number of nitrogens with one attached hydrogen (secondary N) is 1. The average molecular weight is 362 g/mol. The third-order valence-corrected chi connectivity index (χ3v) is 5.64. The van der Waals surface area contributed by atoms with Crippen molar-refractivity contribution in [2.24, 2.45) is 0 Å². The molecular formula is C22H26N4O. The molecule has 1 N–H and O–H groups in total. The van der Waals surface area contributed by atoms with Crippen molar-refractivity contribution in [2.75, 3.05) is 5.32 Å². The number of fused-ring (bicyclic) bond motifs is 1. The van der Waals surface area contributed by atoms with E-state index in [1.807, 2.05) is 17.7 Å². The second-order valence-corrected chi connectivity index (χ2v) is 7.70. The van der Waals surface area contributed by atoms with E-state index in [-0.39, 0.29) is 11.6 Å². The lowest BCUT2D eigenvalue weighted by molar-refractivity contribution is 0.505. The molecule has 5 heteroatoms. The van der Waals surface area contributed by atoms with E-state index in [0.717, 1.165) is 35.1 Å². The summed E-state index contributed by atoms with van der Waals surface area (Å²) in [7, 11) is 0. The quantitative estimate of drug-likeness (QED) is 0.731. The van der Waals surface area contributed by atoms with Gasteiger partial charge < -0.3 is 9.88 Å². The molecule has 2 heterocycles. The third-order valence-electron chi connectivity index (χ3n) is 5.64. The lowest BCUT2D eigenvalue weighted by Gasteiger charge is -2.19. The minimum atomic E-state index is 0.0585. The molecule has 2 aromatic heterocycles. The summed E-state index contributed by atoms with van der Waals surface area (Å²) in [6.45, 7) is 6.12. The van der Waals surface area contributed by atoms with Gasteiger partial charge in [0.05, 0.1) is 11.7 Å². The molecule has 1 aliphatic carbocycles. The molecule has 0 unspecified atom stereocenters. The highest BCUT2D eigenvalue weighted by Crippen LogP contribution is 2.31. The largest absolute Gasteiger partial charge is 0.361 e. The van der Waals surface area contributed by atoms with Gasteiger partial charge >= 0.3 is 0 Å². The molecule has 1 fully saturated rings. The number of rotatable bonds is 4. The van der Waals surface area contributed by atoms with Crippen molar-refractivity contribution < 1.29 is 0 Å². The number of nitrogens with zero attached hydrogens (tertiary/aromatic N) is 3. The van der Waals surface area contributed by atoms with Crippen LogP contribution >= 0.6 is 0 Å². The van der Waals surface area contributed by atoms with E-state index in [2.05, 4.69) is 53.6 Å². The summed E-state index contributed by atoms with van der Waals surface area (Å²) in [4.78, 5) is 12.7. The summed E-state index contributed by atoms with van der Waals surface area (Å²) < 4.78 is 1.90. The van der Waals surface area contributed by atoms with Gasteiger partial charge in [0, 0.05) is 29.1 Å². The van der Waals surface area contributed by atoms with E-state index >= 15 is 0 Å². The Hall–Kier alpha value is -2.69. The zero-order valence-corrected chi connectivity index (χ0v) is 16.2. The van der Waals surface area contributed by atoms with Crippen LogP contribution in [0.15, 0.2) is 41.3 Å². The molecule has 0 bridgehead atoms. The van der Waals surface area contributed by atoms with Crippen molar-refractivity contribution in [3.05, 3.63) is 63.7 Å². The first kappa shape index (κ1) is 17.7. The number of pyridine rings is 1. The van der Waals surface area contributed by atoms with Crippen LogP contribution in [-0.2, 0) is 0 Å². The van der Waals surface area contributed by atoms with Gasteiger partial charge in [-0.1, -0.05) is 42.7 Å². The molecular weight excluding hydrogens is 336 g/mol. The fraction of sp³-hybridized carbons (Fsp3) is 0.409. The molecule has 1 atom stereocenters. The molecule has 1 aliphatic rings. The van der Waals surface area contributed by atoms with E-state index in [4.69, 9.17) is 0 Å². The van der Waals surface area contributed by atoms with Crippen molar-refractivity contribution >= 4 is 16.6 Å². The molecule has 1 aromatic carbocycles. The van der Waals surface area contributed by atoms with E-state index in [9.17, 15) is 4.79 Å². The highest BCUT2D eigenvalue weighted by Gasteiger charge is 2.20. The van der Waals surface area contributed by atoms with Gasteiger partial charge in [-0.15, -0.1) is 5.10 Å². The van der Waals surface area contributed by atoms with Crippen LogP contribution in [0, 0.1) is 13.8 Å². The topological polar surface area (TPSA) is 59.8 Å². The van der Waals surface area contributed by atoms with Crippen LogP contribution in [0.2, 0.25) is 0 Å². The van der Waals surface area contributed by atoms with Gasteiger partial charge in [-0.25, -0.2) is 0 Å². The van der Waals surface area contributed by atoms with Crippen LogP contribution in [0.5, 0.6) is 0 Å². The fourth-order valence-corrected chi connectivity index (χ4v) is 4.07. The molecule has 27 heavy (non-hydrogen) atoms. The highest BCUT2D eigenvalue weighted by molar-refractivity contribution is 5.92. The number of anilines is 1. The first-order chi connectivity index (χ1) is 13.0. The number of aryl methyl sites for hydroxylation is 2. The van der Waals surface area contributed by atoms with Gasteiger partial charge in [-0.2, -0.15) is 5.10 Å². The molecule has 4 rings (SSSR count). The molecule has 1 saturated carbocycles. The Morgan fingerprint density at radius 1 is 1.11 bits per heavy atom. The predicted molar refractivity (Wildman–Crippen MR) is 109 cm³/mol. The van der Waals surface area contributed by atoms with Gasteiger partial charge in [-0.3, -0.25) is 4.79 Å². The second-order valence-electron chi connectivity index (χ2n) is 7.70. The number of hydrogen-bond acceptors (Lipinski definition) is 4. The molecule has 0 amide bonds. The van der Waals surface area contributed by atoms with Crippen LogP contribution in [0.25, 0.3) is 10.8 Å². The monoisotopic (exact) mass is 362 g/mol. The smallest absolute Gasteiger partial charge is 0.251 e. The summed E-state index contributed by atoms with van der Waals surface area (Å²) in [6, 6.07) is 10.6. The zero-order valence-electron chi connectivity index (χ0n) is 16.2. The van der Waals surface area contributed by atoms with Gasteiger partial charge in [0.1, 0.15) is 0 Å². The van der Waals surface area contributed by atoms with Gasteiger partial charge in [0.15, 0.2) is 5.82 Å². The second kappa shape index (κ2) is 7.14. The van der Waals surface area contributed by atoms with E-state index < -0.39 is 0 Å². The lowest BCUT2D eigenvalue weighted by Crippen LogP contribution is -2.22. The van der Waals surface area contributed by atoms with E-state index in [1.165, 1.54) is 24.0 Å². The third kappa shape index (κ3) is 3.46. The van der Waals surface area contributed by atoms with Crippen molar-refractivity contribution in [3.8, 4) is 0 Å². The normalized spacial score (nSPS) is 16.0. The minimum Gasteiger partial charge on any atom is -0.361 e. The maximum absolute atomic E-state index is 12.7. The van der Waals surface area contributed by atoms with E-state index in [1.54, 1.807) is 6.07 Å². The first-order valence-corrected chi connectivity index (χ1v) is 9.75. The Kier molecular flexibility index (Phi) is 4.68. The summed E-state index contributed by atoms with van der Waals surface area (Å²) >= 11 is 0. The van der Waals surface area contributed by atoms with Gasteiger partial charge in [0.25, 0.3) is 5.56 Å². The van der Waals surface area contributed by atoms with Crippen molar-refractivity contribution in [2.45, 2.75) is 58.5 Å². The van der Waals surface area contributed by atoms with Crippen LogP contribution in [0.4, 0.5) is 5.82 Å². The van der Waals surface area contributed by atoms with Crippen LogP contribution in [0.3, 0.4) is 0 Å². The maximum Gasteiger partial charge on any atom is 0.251 e. The lowest BCUT2D eigenvalue weighted by atomic mass is 10.1. The summed E-state index contributed by atoms with van der Waals surface area (Å²) in [6.07, 6.45) is 6.52. The van der Waals surface area contributed by atoms with Gasteiger partial charge in [-0.05, 0) is 39.2 Å². The number of benzene rings is 1. The van der Waals surface area contributed by atoms with Crippen molar-refractivity contribution in [1.29, 1.82) is 0 Å².